The standard InChI is InChI=1S/C13H16NO/c1-3-4-11-5-6-12(10(2)9-15)7-13(11)8-14/h5-7,15H,3-4,9H2,1-2H3. The molecule has 0 spiro atoms. The van der Waals surface area contributed by atoms with Gasteiger partial charge in [0, 0.05) is 5.92 Å². The fraction of sp³-hybridized carbons (Fsp3) is 0.385. The van der Waals surface area contributed by atoms with Crippen LogP contribution < -0.4 is 0 Å². The van der Waals surface area contributed by atoms with Crippen molar-refractivity contribution in [2.45, 2.75) is 26.7 Å². The summed E-state index contributed by atoms with van der Waals surface area (Å²) in [5.41, 5.74) is 2.77. The molecule has 0 bridgehead atoms. The molecule has 0 aromatic heterocycles. The first-order valence-corrected chi connectivity index (χ1v) is 5.19. The normalized spacial score (nSPS) is 10.3. The maximum Gasteiger partial charge on any atom is 0.0994 e. The molecule has 1 aromatic rings. The fourth-order valence-electron chi connectivity index (χ4n) is 1.52. The number of benzene rings is 1. The first-order chi connectivity index (χ1) is 7.22. The van der Waals surface area contributed by atoms with Crippen LogP contribution in [0.1, 0.15) is 37.0 Å². The second kappa shape index (κ2) is 5.53. The van der Waals surface area contributed by atoms with Gasteiger partial charge in [-0.15, -0.1) is 0 Å². The summed E-state index contributed by atoms with van der Waals surface area (Å²) in [5.74, 6) is 0.898. The average molecular weight is 202 g/mol. The molecule has 1 N–H and O–H groups in total. The molecule has 0 heterocycles. The van der Waals surface area contributed by atoms with Crippen LogP contribution in [-0.4, -0.2) is 11.7 Å². The highest BCUT2D eigenvalue weighted by atomic mass is 16.3. The lowest BCUT2D eigenvalue weighted by Crippen LogP contribution is -2.01. The van der Waals surface area contributed by atoms with Crippen molar-refractivity contribution < 1.29 is 5.11 Å². The number of hydrogen-bond acceptors (Lipinski definition) is 2. The molecule has 0 amide bonds. The van der Waals surface area contributed by atoms with Gasteiger partial charge >= 0.3 is 0 Å². The number of nitriles is 1. The quantitative estimate of drug-likeness (QED) is 0.815. The molecule has 2 heteroatoms. The van der Waals surface area contributed by atoms with Gasteiger partial charge in [-0.1, -0.05) is 32.4 Å². The van der Waals surface area contributed by atoms with Gasteiger partial charge in [-0.2, -0.15) is 5.26 Å². The van der Waals surface area contributed by atoms with Crippen LogP contribution in [-0.2, 0) is 6.42 Å². The molecule has 15 heavy (non-hydrogen) atoms. The highest BCUT2D eigenvalue weighted by Gasteiger charge is 2.08. The maximum atomic E-state index is 9.00. The minimum Gasteiger partial charge on any atom is -0.395 e. The summed E-state index contributed by atoms with van der Waals surface area (Å²) in [6.07, 6.45) is 1.97. The van der Waals surface area contributed by atoms with Crippen LogP contribution in [0.25, 0.3) is 0 Å². The number of aryl methyl sites for hydroxylation is 1. The van der Waals surface area contributed by atoms with Gasteiger partial charge in [0.1, 0.15) is 0 Å². The highest BCUT2D eigenvalue weighted by molar-refractivity contribution is 5.44. The van der Waals surface area contributed by atoms with Crippen LogP contribution >= 0.6 is 0 Å². The molecule has 0 aliphatic heterocycles. The minimum atomic E-state index is 0.0397. The molecular weight excluding hydrogens is 186 g/mol. The number of nitrogens with zero attached hydrogens (tertiary/aromatic N) is 1. The zero-order chi connectivity index (χ0) is 11.3. The SMILES string of the molecule is CCCc1ccc([C](C)CO)cc1C#N. The van der Waals surface area contributed by atoms with E-state index in [-0.39, 0.29) is 6.61 Å². The Balaban J connectivity index is 3.03. The molecule has 1 aromatic carbocycles. The predicted octanol–water partition coefficient (Wildman–Crippen LogP) is 2.45. The van der Waals surface area contributed by atoms with Crippen molar-refractivity contribution in [2.24, 2.45) is 0 Å². The molecule has 0 fully saturated rings. The Hall–Kier alpha value is -1.33. The number of hydrogen-bond donors (Lipinski definition) is 1. The van der Waals surface area contributed by atoms with Crippen molar-refractivity contribution in [3.05, 3.63) is 40.8 Å². The van der Waals surface area contributed by atoms with Crippen LogP contribution in [0.2, 0.25) is 0 Å². The largest absolute Gasteiger partial charge is 0.395 e. The van der Waals surface area contributed by atoms with E-state index >= 15 is 0 Å². The van der Waals surface area contributed by atoms with Gasteiger partial charge in [0.2, 0.25) is 0 Å². The predicted molar refractivity (Wildman–Crippen MR) is 60.3 cm³/mol. The van der Waals surface area contributed by atoms with E-state index in [2.05, 4.69) is 13.0 Å². The molecule has 0 unspecified atom stereocenters. The first-order valence-electron chi connectivity index (χ1n) is 5.19. The third-order valence-corrected chi connectivity index (χ3v) is 2.48. The van der Waals surface area contributed by atoms with Gasteiger partial charge < -0.3 is 5.11 Å². The first kappa shape index (κ1) is 11.7. The van der Waals surface area contributed by atoms with Crippen molar-refractivity contribution in [3.8, 4) is 6.07 Å². The molecule has 0 atom stereocenters. The topological polar surface area (TPSA) is 44.0 Å². The molecule has 0 aliphatic rings. The van der Waals surface area contributed by atoms with E-state index in [1.54, 1.807) is 0 Å². The number of aliphatic hydroxyl groups is 1. The van der Waals surface area contributed by atoms with Crippen LogP contribution in [0.3, 0.4) is 0 Å². The van der Waals surface area contributed by atoms with Crippen molar-refractivity contribution >= 4 is 0 Å². The fourth-order valence-corrected chi connectivity index (χ4v) is 1.52. The molecule has 79 valence electrons. The lowest BCUT2D eigenvalue weighted by molar-refractivity contribution is 0.315. The van der Waals surface area contributed by atoms with Gasteiger partial charge in [0.05, 0.1) is 18.2 Å². The lowest BCUT2D eigenvalue weighted by Gasteiger charge is -2.10. The van der Waals surface area contributed by atoms with Crippen LogP contribution in [0.15, 0.2) is 18.2 Å². The monoisotopic (exact) mass is 202 g/mol. The summed E-state index contributed by atoms with van der Waals surface area (Å²) in [7, 11) is 0. The number of rotatable bonds is 4. The van der Waals surface area contributed by atoms with E-state index in [1.165, 1.54) is 0 Å². The second-order valence-electron chi connectivity index (χ2n) is 3.67. The van der Waals surface area contributed by atoms with Gasteiger partial charge in [0.15, 0.2) is 0 Å². The molecule has 1 radical (unpaired) electrons. The third-order valence-electron chi connectivity index (χ3n) is 2.48. The molecule has 2 nitrogen and oxygen atoms in total. The van der Waals surface area contributed by atoms with Crippen molar-refractivity contribution in [1.82, 2.24) is 0 Å². The van der Waals surface area contributed by atoms with E-state index in [0.29, 0.717) is 0 Å². The molecular formula is C13H16NO. The average Bonchev–Trinajstić information content (AvgIpc) is 2.29. The Morgan fingerprint density at radius 2 is 2.20 bits per heavy atom. The summed E-state index contributed by atoms with van der Waals surface area (Å²) in [6, 6.07) is 8.01. The van der Waals surface area contributed by atoms with Gasteiger partial charge in [-0.05, 0) is 23.6 Å². The van der Waals surface area contributed by atoms with Crippen LogP contribution in [0.4, 0.5) is 0 Å². The number of aliphatic hydroxyl groups excluding tert-OH is 1. The Morgan fingerprint density at radius 3 is 2.73 bits per heavy atom. The van der Waals surface area contributed by atoms with Crippen LogP contribution in [0, 0.1) is 17.2 Å². The van der Waals surface area contributed by atoms with E-state index in [9.17, 15) is 0 Å². The van der Waals surface area contributed by atoms with Crippen molar-refractivity contribution in [1.29, 1.82) is 5.26 Å². The van der Waals surface area contributed by atoms with Crippen molar-refractivity contribution in [3.63, 3.8) is 0 Å². The van der Waals surface area contributed by atoms with E-state index < -0.39 is 0 Å². The molecule has 1 rings (SSSR count). The lowest BCUT2D eigenvalue weighted by atomic mass is 9.95. The Bertz CT molecular complexity index is 365. The Kier molecular flexibility index (Phi) is 4.33. The Labute approximate surface area is 91.2 Å². The highest BCUT2D eigenvalue weighted by Crippen LogP contribution is 2.19. The summed E-state index contributed by atoms with van der Waals surface area (Å²) in [4.78, 5) is 0. The van der Waals surface area contributed by atoms with E-state index in [0.717, 1.165) is 35.4 Å². The zero-order valence-corrected chi connectivity index (χ0v) is 9.25. The minimum absolute atomic E-state index is 0.0397. The Morgan fingerprint density at radius 1 is 1.47 bits per heavy atom. The molecule has 0 aliphatic carbocycles. The van der Waals surface area contributed by atoms with Crippen LogP contribution in [0.5, 0.6) is 0 Å². The molecule has 0 saturated heterocycles. The summed E-state index contributed by atoms with van der Waals surface area (Å²) in [6.45, 7) is 4.01. The summed E-state index contributed by atoms with van der Waals surface area (Å²) in [5, 5.41) is 18.0. The van der Waals surface area contributed by atoms with Crippen molar-refractivity contribution in [2.75, 3.05) is 6.61 Å². The van der Waals surface area contributed by atoms with Gasteiger partial charge in [-0.3, -0.25) is 0 Å². The van der Waals surface area contributed by atoms with E-state index in [4.69, 9.17) is 10.4 Å². The summed E-state index contributed by atoms with van der Waals surface area (Å²) >= 11 is 0. The van der Waals surface area contributed by atoms with Gasteiger partial charge in [0.25, 0.3) is 0 Å². The van der Waals surface area contributed by atoms with E-state index in [1.807, 2.05) is 25.1 Å². The third kappa shape index (κ3) is 2.81. The van der Waals surface area contributed by atoms with Gasteiger partial charge in [-0.25, -0.2) is 0 Å². The molecule has 0 saturated carbocycles. The second-order valence-corrected chi connectivity index (χ2v) is 3.67. The zero-order valence-electron chi connectivity index (χ0n) is 9.25. The maximum absolute atomic E-state index is 9.00. The smallest absolute Gasteiger partial charge is 0.0994 e. The summed E-state index contributed by atoms with van der Waals surface area (Å²) < 4.78 is 0.